The standard InChI is InChI=1S/C25H23FN4O2/c26-18-8-10-19(11-9-18)30-22-7-3-6-20(22)21(28-30)15-29-23(31)25(27-24(29)32)13-12-16-4-1-2-5-17(16)14-25/h1-2,4-5,8-11H,3,6-7,12-15H2,(H,27,32). The van der Waals surface area contributed by atoms with Crippen molar-refractivity contribution in [2.45, 2.75) is 50.6 Å². The Morgan fingerprint density at radius 3 is 2.59 bits per heavy atom. The zero-order chi connectivity index (χ0) is 21.9. The molecule has 2 heterocycles. The van der Waals surface area contributed by atoms with E-state index in [-0.39, 0.29) is 24.3 Å². The van der Waals surface area contributed by atoms with Crippen molar-refractivity contribution < 1.29 is 14.0 Å². The van der Waals surface area contributed by atoms with Crippen molar-refractivity contribution in [1.82, 2.24) is 20.0 Å². The Morgan fingerprint density at radius 1 is 1.00 bits per heavy atom. The monoisotopic (exact) mass is 430 g/mol. The first-order valence-electron chi connectivity index (χ1n) is 11.1. The van der Waals surface area contributed by atoms with E-state index in [9.17, 15) is 14.0 Å². The van der Waals surface area contributed by atoms with Crippen molar-refractivity contribution in [1.29, 1.82) is 0 Å². The number of fused-ring (bicyclic) bond motifs is 2. The molecule has 1 aromatic heterocycles. The average Bonchev–Trinajstić information content (AvgIpc) is 3.46. The highest BCUT2D eigenvalue weighted by atomic mass is 19.1. The third kappa shape index (κ3) is 2.87. The number of aromatic nitrogens is 2. The topological polar surface area (TPSA) is 67.2 Å². The number of urea groups is 1. The third-order valence-electron chi connectivity index (χ3n) is 7.07. The van der Waals surface area contributed by atoms with Gasteiger partial charge >= 0.3 is 6.03 Å². The second-order valence-electron chi connectivity index (χ2n) is 8.96. The highest BCUT2D eigenvalue weighted by molar-refractivity contribution is 6.07. The molecule has 3 aliphatic rings. The van der Waals surface area contributed by atoms with Crippen LogP contribution in [0.5, 0.6) is 0 Å². The van der Waals surface area contributed by atoms with Crippen LogP contribution in [0.1, 0.15) is 40.9 Å². The second-order valence-corrected chi connectivity index (χ2v) is 8.96. The predicted octanol–water partition coefficient (Wildman–Crippen LogP) is 3.48. The molecule has 0 saturated carbocycles. The van der Waals surface area contributed by atoms with Crippen molar-refractivity contribution in [2.75, 3.05) is 0 Å². The highest BCUT2D eigenvalue weighted by Gasteiger charge is 2.52. The van der Waals surface area contributed by atoms with Gasteiger partial charge in [0, 0.05) is 12.1 Å². The highest BCUT2D eigenvalue weighted by Crippen LogP contribution is 2.35. The molecular weight excluding hydrogens is 407 g/mol. The van der Waals surface area contributed by atoms with Crippen LogP contribution in [0.15, 0.2) is 48.5 Å². The zero-order valence-electron chi connectivity index (χ0n) is 17.6. The Kier molecular flexibility index (Phi) is 4.22. The maximum Gasteiger partial charge on any atom is 0.325 e. The molecule has 1 aliphatic heterocycles. The van der Waals surface area contributed by atoms with E-state index in [1.54, 1.807) is 12.1 Å². The van der Waals surface area contributed by atoms with Gasteiger partial charge in [-0.25, -0.2) is 13.9 Å². The van der Waals surface area contributed by atoms with Gasteiger partial charge in [0.05, 0.1) is 17.9 Å². The van der Waals surface area contributed by atoms with Gasteiger partial charge in [0.2, 0.25) is 0 Å². The summed E-state index contributed by atoms with van der Waals surface area (Å²) in [4.78, 5) is 27.7. The Balaban J connectivity index is 1.31. The van der Waals surface area contributed by atoms with E-state index in [0.29, 0.717) is 12.8 Å². The van der Waals surface area contributed by atoms with E-state index in [2.05, 4.69) is 11.4 Å². The second kappa shape index (κ2) is 7.02. The number of carbonyl (C=O) groups is 2. The van der Waals surface area contributed by atoms with Crippen LogP contribution in [-0.2, 0) is 37.0 Å². The molecule has 1 fully saturated rings. The van der Waals surface area contributed by atoms with Crippen LogP contribution in [0.25, 0.3) is 5.69 Å². The first-order valence-corrected chi connectivity index (χ1v) is 11.1. The molecule has 6 nitrogen and oxygen atoms in total. The van der Waals surface area contributed by atoms with Gasteiger partial charge < -0.3 is 5.32 Å². The fourth-order valence-electron chi connectivity index (χ4n) is 5.43. The molecule has 0 bridgehead atoms. The minimum absolute atomic E-state index is 0.157. The fraction of sp³-hybridized carbons (Fsp3) is 0.320. The Labute approximate surface area is 185 Å². The minimum Gasteiger partial charge on any atom is -0.323 e. The molecule has 1 unspecified atom stereocenters. The lowest BCUT2D eigenvalue weighted by molar-refractivity contribution is -0.132. The summed E-state index contributed by atoms with van der Waals surface area (Å²) >= 11 is 0. The van der Waals surface area contributed by atoms with Gasteiger partial charge in [0.1, 0.15) is 11.4 Å². The smallest absolute Gasteiger partial charge is 0.323 e. The lowest BCUT2D eigenvalue weighted by Gasteiger charge is -2.32. The molecule has 1 atom stereocenters. The molecule has 7 heteroatoms. The number of amides is 3. The zero-order valence-corrected chi connectivity index (χ0v) is 17.6. The molecule has 2 aromatic carbocycles. The summed E-state index contributed by atoms with van der Waals surface area (Å²) in [5, 5.41) is 7.76. The van der Waals surface area contributed by atoms with Gasteiger partial charge in [-0.05, 0) is 73.1 Å². The quantitative estimate of drug-likeness (QED) is 0.647. The number of benzene rings is 2. The maximum atomic E-state index is 13.5. The van der Waals surface area contributed by atoms with Crippen LogP contribution < -0.4 is 5.32 Å². The molecule has 32 heavy (non-hydrogen) atoms. The number of carbonyl (C=O) groups excluding carboxylic acids is 2. The van der Waals surface area contributed by atoms with Crippen LogP contribution in [0.2, 0.25) is 0 Å². The molecular formula is C25H23FN4O2. The van der Waals surface area contributed by atoms with Gasteiger partial charge in [-0.15, -0.1) is 0 Å². The van der Waals surface area contributed by atoms with E-state index < -0.39 is 5.54 Å². The predicted molar refractivity (Wildman–Crippen MR) is 116 cm³/mol. The summed E-state index contributed by atoms with van der Waals surface area (Å²) in [6, 6.07) is 14.0. The normalized spacial score (nSPS) is 21.7. The van der Waals surface area contributed by atoms with Crippen LogP contribution in [0.3, 0.4) is 0 Å². The fourth-order valence-corrected chi connectivity index (χ4v) is 5.43. The van der Waals surface area contributed by atoms with Crippen molar-refractivity contribution >= 4 is 11.9 Å². The van der Waals surface area contributed by atoms with E-state index in [4.69, 9.17) is 5.10 Å². The van der Waals surface area contributed by atoms with Crippen molar-refractivity contribution in [2.24, 2.45) is 0 Å². The first kappa shape index (κ1) is 19.2. The van der Waals surface area contributed by atoms with E-state index >= 15 is 0 Å². The summed E-state index contributed by atoms with van der Waals surface area (Å²) in [6.45, 7) is 0.157. The molecule has 3 amide bonds. The molecule has 162 valence electrons. The summed E-state index contributed by atoms with van der Waals surface area (Å²) in [5.74, 6) is -0.462. The number of nitrogens with zero attached hydrogens (tertiary/aromatic N) is 3. The van der Waals surface area contributed by atoms with Gasteiger partial charge in [-0.2, -0.15) is 5.10 Å². The van der Waals surface area contributed by atoms with E-state index in [1.807, 2.05) is 22.9 Å². The van der Waals surface area contributed by atoms with E-state index in [1.165, 1.54) is 22.6 Å². The minimum atomic E-state index is -0.867. The van der Waals surface area contributed by atoms with Gasteiger partial charge in [0.25, 0.3) is 5.91 Å². The van der Waals surface area contributed by atoms with Gasteiger partial charge in [-0.1, -0.05) is 24.3 Å². The van der Waals surface area contributed by atoms with Crippen LogP contribution >= 0.6 is 0 Å². The van der Waals surface area contributed by atoms with Crippen LogP contribution in [0.4, 0.5) is 9.18 Å². The molecule has 6 rings (SSSR count). The Hall–Kier alpha value is -3.48. The van der Waals surface area contributed by atoms with Crippen molar-refractivity contribution in [3.8, 4) is 5.69 Å². The molecule has 1 saturated heterocycles. The van der Waals surface area contributed by atoms with Gasteiger partial charge in [0.15, 0.2) is 0 Å². The summed E-state index contributed by atoms with van der Waals surface area (Å²) in [5.41, 5.74) is 5.22. The Morgan fingerprint density at radius 2 is 1.78 bits per heavy atom. The molecule has 1 N–H and O–H groups in total. The third-order valence-corrected chi connectivity index (χ3v) is 7.07. The largest absolute Gasteiger partial charge is 0.325 e. The van der Waals surface area contributed by atoms with Gasteiger partial charge in [-0.3, -0.25) is 9.69 Å². The maximum absolute atomic E-state index is 13.5. The number of halogens is 1. The number of nitrogens with one attached hydrogen (secondary N) is 1. The molecule has 3 aromatic rings. The molecule has 1 spiro atoms. The lowest BCUT2D eigenvalue weighted by atomic mass is 9.78. The molecule has 2 aliphatic carbocycles. The van der Waals surface area contributed by atoms with E-state index in [0.717, 1.165) is 53.9 Å². The number of hydrogen-bond acceptors (Lipinski definition) is 3. The van der Waals surface area contributed by atoms with Crippen molar-refractivity contribution in [3.05, 3.63) is 82.4 Å². The number of aryl methyl sites for hydroxylation is 1. The number of imide groups is 1. The number of rotatable bonds is 3. The first-order chi connectivity index (χ1) is 15.5. The number of hydrogen-bond donors (Lipinski definition) is 1. The van der Waals surface area contributed by atoms with Crippen LogP contribution in [0, 0.1) is 5.82 Å². The lowest BCUT2D eigenvalue weighted by Crippen LogP contribution is -2.51. The summed E-state index contributed by atoms with van der Waals surface area (Å²) in [6.07, 6.45) is 4.64. The molecule has 0 radical (unpaired) electrons. The average molecular weight is 430 g/mol. The van der Waals surface area contributed by atoms with Crippen LogP contribution in [-0.4, -0.2) is 32.2 Å². The Bertz CT molecular complexity index is 1250. The summed E-state index contributed by atoms with van der Waals surface area (Å²) in [7, 11) is 0. The summed E-state index contributed by atoms with van der Waals surface area (Å²) < 4.78 is 15.2. The SMILES string of the molecule is O=C1NC2(CCc3ccccc3C2)C(=O)N1Cc1nn(-c2ccc(F)cc2)c2c1CCC2. The van der Waals surface area contributed by atoms with Crippen molar-refractivity contribution in [3.63, 3.8) is 0 Å².